The molecule has 0 amide bonds. The summed E-state index contributed by atoms with van der Waals surface area (Å²) in [6, 6.07) is 9.76. The lowest BCUT2D eigenvalue weighted by Crippen LogP contribution is -2.51. The molecule has 5 nitrogen and oxygen atoms in total. The number of hydrogen-bond donors (Lipinski definition) is 2. The van der Waals surface area contributed by atoms with Crippen LogP contribution >= 0.6 is 0 Å². The van der Waals surface area contributed by atoms with Gasteiger partial charge in [0.1, 0.15) is 6.04 Å². The van der Waals surface area contributed by atoms with Crippen molar-refractivity contribution in [3.8, 4) is 0 Å². The Hall–Kier alpha value is -1.43. The van der Waals surface area contributed by atoms with Crippen molar-refractivity contribution >= 4 is 5.97 Å². The van der Waals surface area contributed by atoms with E-state index in [-0.39, 0.29) is 12.1 Å². The molecule has 1 heterocycles. The van der Waals surface area contributed by atoms with Crippen molar-refractivity contribution in [2.45, 2.75) is 31.5 Å². The van der Waals surface area contributed by atoms with Gasteiger partial charge in [-0.05, 0) is 25.5 Å². The summed E-state index contributed by atoms with van der Waals surface area (Å²) in [7, 11) is 1.84. The average molecular weight is 264 g/mol. The molecule has 1 aliphatic heterocycles. The zero-order valence-corrected chi connectivity index (χ0v) is 11.1. The van der Waals surface area contributed by atoms with E-state index >= 15 is 0 Å². The third-order valence-electron chi connectivity index (χ3n) is 3.45. The maximum atomic E-state index is 11.0. The van der Waals surface area contributed by atoms with E-state index in [2.05, 4.69) is 5.48 Å². The summed E-state index contributed by atoms with van der Waals surface area (Å²) >= 11 is 0. The molecule has 0 spiro atoms. The smallest absolute Gasteiger partial charge is 0.320 e. The monoisotopic (exact) mass is 264 g/mol. The topological polar surface area (TPSA) is 61.8 Å². The van der Waals surface area contributed by atoms with Crippen molar-refractivity contribution in [3.05, 3.63) is 35.9 Å². The molecule has 19 heavy (non-hydrogen) atoms. The fourth-order valence-corrected chi connectivity index (χ4v) is 2.37. The van der Waals surface area contributed by atoms with Gasteiger partial charge in [0.2, 0.25) is 0 Å². The van der Waals surface area contributed by atoms with Crippen LogP contribution in [0.2, 0.25) is 0 Å². The summed E-state index contributed by atoms with van der Waals surface area (Å²) in [5.41, 5.74) is 4.14. The first-order chi connectivity index (χ1) is 9.16. The number of carboxylic acid groups (broad SMARTS) is 1. The van der Waals surface area contributed by atoms with Crippen molar-refractivity contribution < 1.29 is 14.7 Å². The number of carbonyl (C=O) groups is 1. The van der Waals surface area contributed by atoms with E-state index < -0.39 is 5.97 Å². The standard InChI is InChI=1S/C14H20N2O3/c1-16-9-12(7-8-13(16)14(17)18)15-19-10-11-5-3-2-4-6-11/h2-6,12-13,15H,7-10H2,1H3,(H,17,18)/t12-,13+/m1/s1. The van der Waals surface area contributed by atoms with Crippen LogP contribution in [0, 0.1) is 0 Å². The van der Waals surface area contributed by atoms with Gasteiger partial charge in [-0.3, -0.25) is 14.5 Å². The van der Waals surface area contributed by atoms with E-state index in [0.717, 1.165) is 12.0 Å². The molecular weight excluding hydrogens is 244 g/mol. The predicted octanol–water partition coefficient (Wildman–Crippen LogP) is 1.26. The molecule has 1 fully saturated rings. The fourth-order valence-electron chi connectivity index (χ4n) is 2.37. The maximum Gasteiger partial charge on any atom is 0.320 e. The van der Waals surface area contributed by atoms with Crippen LogP contribution in [-0.4, -0.2) is 41.7 Å². The minimum atomic E-state index is -0.744. The molecule has 104 valence electrons. The Kier molecular flexibility index (Phi) is 4.90. The molecule has 1 aromatic carbocycles. The number of likely N-dealkylation sites (N-methyl/N-ethyl adjacent to an activating group) is 1. The number of rotatable bonds is 5. The van der Waals surface area contributed by atoms with Crippen molar-refractivity contribution in [1.29, 1.82) is 0 Å². The highest BCUT2D eigenvalue weighted by Gasteiger charge is 2.30. The molecular formula is C14H20N2O3. The zero-order valence-electron chi connectivity index (χ0n) is 11.1. The number of hydrogen-bond acceptors (Lipinski definition) is 4. The summed E-state index contributed by atoms with van der Waals surface area (Å²) in [6.45, 7) is 1.20. The van der Waals surface area contributed by atoms with Crippen LogP contribution < -0.4 is 5.48 Å². The van der Waals surface area contributed by atoms with E-state index in [1.807, 2.05) is 42.3 Å². The summed E-state index contributed by atoms with van der Waals surface area (Å²) in [5, 5.41) is 9.03. The van der Waals surface area contributed by atoms with Crippen LogP contribution in [0.25, 0.3) is 0 Å². The zero-order chi connectivity index (χ0) is 13.7. The van der Waals surface area contributed by atoms with Crippen molar-refractivity contribution in [1.82, 2.24) is 10.4 Å². The first kappa shape index (κ1) is 14.0. The Bertz CT molecular complexity index is 410. The lowest BCUT2D eigenvalue weighted by molar-refractivity contribution is -0.144. The van der Waals surface area contributed by atoms with Gasteiger partial charge < -0.3 is 5.11 Å². The Labute approximate surface area is 113 Å². The van der Waals surface area contributed by atoms with E-state index in [4.69, 9.17) is 9.94 Å². The number of likely N-dealkylation sites (tertiary alicyclic amines) is 1. The molecule has 5 heteroatoms. The normalized spacial score (nSPS) is 24.3. The first-order valence-corrected chi connectivity index (χ1v) is 6.51. The van der Waals surface area contributed by atoms with Crippen molar-refractivity contribution in [3.63, 3.8) is 0 Å². The Morgan fingerprint density at radius 1 is 1.42 bits per heavy atom. The highest BCUT2D eigenvalue weighted by Crippen LogP contribution is 2.16. The Morgan fingerprint density at radius 3 is 2.79 bits per heavy atom. The number of aliphatic carboxylic acids is 1. The van der Waals surface area contributed by atoms with Crippen LogP contribution in [-0.2, 0) is 16.2 Å². The summed E-state index contributed by atoms with van der Waals surface area (Å²) < 4.78 is 0. The van der Waals surface area contributed by atoms with Crippen LogP contribution in [0.3, 0.4) is 0 Å². The number of hydroxylamine groups is 1. The maximum absolute atomic E-state index is 11.0. The molecule has 1 saturated heterocycles. The summed E-state index contributed by atoms with van der Waals surface area (Å²) in [6.07, 6.45) is 1.47. The van der Waals surface area contributed by atoms with Crippen LogP contribution in [0.5, 0.6) is 0 Å². The second-order valence-electron chi connectivity index (χ2n) is 4.96. The van der Waals surface area contributed by atoms with Gasteiger partial charge in [0.05, 0.1) is 6.61 Å². The molecule has 0 radical (unpaired) electrons. The van der Waals surface area contributed by atoms with Crippen molar-refractivity contribution in [2.75, 3.05) is 13.6 Å². The SMILES string of the molecule is CN1C[C@H](NOCc2ccccc2)CC[C@H]1C(=O)O. The van der Waals surface area contributed by atoms with Crippen LogP contribution in [0.15, 0.2) is 30.3 Å². The minimum absolute atomic E-state index is 0.185. The highest BCUT2D eigenvalue weighted by molar-refractivity contribution is 5.73. The number of nitrogens with zero attached hydrogens (tertiary/aromatic N) is 1. The summed E-state index contributed by atoms with van der Waals surface area (Å²) in [4.78, 5) is 18.3. The van der Waals surface area contributed by atoms with E-state index in [0.29, 0.717) is 19.6 Å². The molecule has 0 unspecified atom stereocenters. The Balaban J connectivity index is 1.72. The third-order valence-corrected chi connectivity index (χ3v) is 3.45. The van der Waals surface area contributed by atoms with Gasteiger partial charge in [-0.25, -0.2) is 0 Å². The molecule has 2 atom stereocenters. The van der Waals surface area contributed by atoms with Gasteiger partial charge in [0.25, 0.3) is 0 Å². The lowest BCUT2D eigenvalue weighted by atomic mass is 10.00. The molecule has 0 bridgehead atoms. The number of carboxylic acids is 1. The van der Waals surface area contributed by atoms with Gasteiger partial charge in [-0.2, -0.15) is 5.48 Å². The highest BCUT2D eigenvalue weighted by atomic mass is 16.6. The molecule has 1 aliphatic rings. The van der Waals surface area contributed by atoms with Gasteiger partial charge in [0, 0.05) is 12.6 Å². The number of nitrogens with one attached hydrogen (secondary N) is 1. The molecule has 2 N–H and O–H groups in total. The largest absolute Gasteiger partial charge is 0.480 e. The fraction of sp³-hybridized carbons (Fsp3) is 0.500. The molecule has 0 aromatic heterocycles. The van der Waals surface area contributed by atoms with Crippen LogP contribution in [0.4, 0.5) is 0 Å². The average Bonchev–Trinajstić information content (AvgIpc) is 2.39. The van der Waals surface area contributed by atoms with Gasteiger partial charge in [-0.15, -0.1) is 0 Å². The van der Waals surface area contributed by atoms with Crippen molar-refractivity contribution in [2.24, 2.45) is 0 Å². The second kappa shape index (κ2) is 6.65. The molecule has 2 rings (SSSR count). The first-order valence-electron chi connectivity index (χ1n) is 6.51. The number of piperidine rings is 1. The van der Waals surface area contributed by atoms with Gasteiger partial charge >= 0.3 is 5.97 Å². The van der Waals surface area contributed by atoms with Gasteiger partial charge in [-0.1, -0.05) is 30.3 Å². The molecule has 1 aromatic rings. The second-order valence-corrected chi connectivity index (χ2v) is 4.96. The van der Waals surface area contributed by atoms with E-state index in [9.17, 15) is 4.79 Å². The van der Waals surface area contributed by atoms with Crippen LogP contribution in [0.1, 0.15) is 18.4 Å². The number of benzene rings is 1. The Morgan fingerprint density at radius 2 is 2.16 bits per heavy atom. The predicted molar refractivity (Wildman–Crippen MR) is 71.4 cm³/mol. The minimum Gasteiger partial charge on any atom is -0.480 e. The third kappa shape index (κ3) is 4.02. The van der Waals surface area contributed by atoms with E-state index in [1.165, 1.54) is 0 Å². The quantitative estimate of drug-likeness (QED) is 0.784. The summed E-state index contributed by atoms with van der Waals surface area (Å²) in [5.74, 6) is -0.744. The molecule has 0 saturated carbocycles. The van der Waals surface area contributed by atoms with Gasteiger partial charge in [0.15, 0.2) is 0 Å². The lowest BCUT2D eigenvalue weighted by Gasteiger charge is -2.34. The van der Waals surface area contributed by atoms with E-state index in [1.54, 1.807) is 0 Å². The molecule has 0 aliphatic carbocycles.